The zero-order valence-corrected chi connectivity index (χ0v) is 19.9. The Kier molecular flexibility index (Phi) is 7.43. The highest BCUT2D eigenvalue weighted by Gasteiger charge is 2.49. The number of nitrogens with one attached hydrogen (secondary N) is 2. The molecule has 1 aliphatic rings. The van der Waals surface area contributed by atoms with Crippen LogP contribution in [0.3, 0.4) is 0 Å². The summed E-state index contributed by atoms with van der Waals surface area (Å²) in [6.07, 6.45) is 4.81. The third-order valence-electron chi connectivity index (χ3n) is 5.49. The van der Waals surface area contributed by atoms with Crippen molar-refractivity contribution in [1.29, 1.82) is 0 Å². The summed E-state index contributed by atoms with van der Waals surface area (Å²) >= 11 is 0. The van der Waals surface area contributed by atoms with Gasteiger partial charge < -0.3 is 15.4 Å². The molecule has 0 unspecified atom stereocenters. The lowest BCUT2D eigenvalue weighted by atomic mass is 9.80. The summed E-state index contributed by atoms with van der Waals surface area (Å²) in [5.41, 5.74) is 1.59. The molecule has 2 aromatic rings. The van der Waals surface area contributed by atoms with Gasteiger partial charge in [0.15, 0.2) is 0 Å². The van der Waals surface area contributed by atoms with E-state index in [2.05, 4.69) is 10.6 Å². The fourth-order valence-electron chi connectivity index (χ4n) is 3.67. The molecule has 0 spiro atoms. The molecule has 0 aromatic heterocycles. The van der Waals surface area contributed by atoms with Gasteiger partial charge in [0, 0.05) is 36.5 Å². The van der Waals surface area contributed by atoms with Crippen molar-refractivity contribution in [3.8, 4) is 0 Å². The second kappa shape index (κ2) is 9.77. The van der Waals surface area contributed by atoms with Crippen LogP contribution in [0, 0.1) is 11.7 Å². The van der Waals surface area contributed by atoms with Gasteiger partial charge in [-0.05, 0) is 48.1 Å². The summed E-state index contributed by atoms with van der Waals surface area (Å²) in [5, 5.41) is 5.23. The molecule has 0 saturated heterocycles. The Balaban J connectivity index is 1.81. The number of alkyl halides is 2. The first-order valence-corrected chi connectivity index (χ1v) is 13.3. The number of methoxy groups -OCH3 is 1. The van der Waals surface area contributed by atoms with Crippen molar-refractivity contribution in [2.24, 2.45) is 5.92 Å². The van der Waals surface area contributed by atoms with Crippen LogP contribution >= 0.6 is 10.0 Å². The van der Waals surface area contributed by atoms with Gasteiger partial charge >= 0.3 is 0 Å². The van der Waals surface area contributed by atoms with Gasteiger partial charge in [0.05, 0.1) is 6.61 Å². The van der Waals surface area contributed by atoms with Gasteiger partial charge in [-0.3, -0.25) is 9.59 Å². The molecule has 9 heteroatoms. The van der Waals surface area contributed by atoms with Crippen LogP contribution in [-0.2, 0) is 20.9 Å². The van der Waals surface area contributed by atoms with Gasteiger partial charge in [-0.2, -0.15) is 0 Å². The maximum atomic E-state index is 14.6. The number of ether oxygens (including phenoxy) is 1. The van der Waals surface area contributed by atoms with Gasteiger partial charge in [0.1, 0.15) is 11.9 Å². The monoisotopic (exact) mass is 482 g/mol. The minimum atomic E-state index is -2.85. The quantitative estimate of drug-likeness (QED) is 0.564. The first-order chi connectivity index (χ1) is 15.4. The Morgan fingerprint density at radius 3 is 2.27 bits per heavy atom. The summed E-state index contributed by atoms with van der Waals surface area (Å²) in [7, 11) is 0.265. The van der Waals surface area contributed by atoms with E-state index in [-0.39, 0.29) is 5.69 Å². The molecule has 2 aromatic carbocycles. The number of carbonyl (C=O) groups excluding carboxylic acids is 2. The minimum Gasteiger partial charge on any atom is -0.380 e. The fourth-order valence-corrected chi connectivity index (χ4v) is 4.79. The molecule has 2 amide bonds. The highest BCUT2D eigenvalue weighted by Crippen LogP contribution is 2.47. The van der Waals surface area contributed by atoms with Crippen LogP contribution in [0.2, 0.25) is 0 Å². The number of anilines is 1. The van der Waals surface area contributed by atoms with Crippen LogP contribution in [0.25, 0.3) is 0 Å². The van der Waals surface area contributed by atoms with E-state index >= 15 is 0 Å². The van der Waals surface area contributed by atoms with E-state index in [0.29, 0.717) is 17.1 Å². The lowest BCUT2D eigenvalue weighted by Crippen LogP contribution is -2.47. The number of hydrogen-bond acceptors (Lipinski definition) is 3. The molecule has 180 valence electrons. The van der Waals surface area contributed by atoms with E-state index in [1.807, 2.05) is 18.8 Å². The van der Waals surface area contributed by atoms with Crippen molar-refractivity contribution < 1.29 is 27.5 Å². The molecule has 5 nitrogen and oxygen atoms in total. The molecule has 0 bridgehead atoms. The summed E-state index contributed by atoms with van der Waals surface area (Å²) in [6.45, 7) is 0.377. The molecule has 33 heavy (non-hydrogen) atoms. The van der Waals surface area contributed by atoms with E-state index in [1.165, 1.54) is 6.07 Å². The van der Waals surface area contributed by atoms with E-state index in [1.54, 1.807) is 43.5 Å². The lowest BCUT2D eigenvalue weighted by molar-refractivity contribution is -0.151. The zero-order chi connectivity index (χ0) is 24.4. The minimum absolute atomic E-state index is 0.246. The Labute approximate surface area is 193 Å². The molecule has 3 rings (SSSR count). The summed E-state index contributed by atoms with van der Waals surface area (Å²) in [5.74, 6) is -5.33. The molecule has 2 N–H and O–H groups in total. The Morgan fingerprint density at radius 1 is 1.12 bits per heavy atom. The van der Waals surface area contributed by atoms with Crippen LogP contribution in [0.15, 0.2) is 47.4 Å². The third kappa shape index (κ3) is 6.29. The van der Waals surface area contributed by atoms with Crippen molar-refractivity contribution in [3.63, 3.8) is 0 Å². The molecule has 1 atom stereocenters. The standard InChI is InChI=1S/C24H29F3N2O3S/c1-32-14-15-5-7-16(8-6-15)21(29-22(30)17-12-24(26,27)13-17)23(31)28-18-9-10-20(19(25)11-18)33(2,3)4/h5-11,17,21H,12-14H2,1-4H3,(H,28,31)(H,29,30)/t21-/m1/s1. The normalized spacial score (nSPS) is 17.1. The predicted octanol–water partition coefficient (Wildman–Crippen LogP) is 4.87. The second-order valence-electron chi connectivity index (χ2n) is 9.05. The molecule has 1 saturated carbocycles. The Morgan fingerprint density at radius 2 is 1.76 bits per heavy atom. The van der Waals surface area contributed by atoms with Crippen LogP contribution in [0.5, 0.6) is 0 Å². The highest BCUT2D eigenvalue weighted by atomic mass is 32.3. The number of halogens is 3. The number of benzene rings is 2. The number of amides is 2. The Bertz CT molecular complexity index is 1010. The maximum Gasteiger partial charge on any atom is 0.251 e. The summed E-state index contributed by atoms with van der Waals surface area (Å²) in [6, 6.07) is 10.2. The first kappa shape index (κ1) is 25.1. The van der Waals surface area contributed by atoms with Gasteiger partial charge in [0.25, 0.3) is 5.91 Å². The van der Waals surface area contributed by atoms with Crippen LogP contribution in [0.4, 0.5) is 18.9 Å². The predicted molar refractivity (Wildman–Crippen MR) is 124 cm³/mol. The maximum absolute atomic E-state index is 14.6. The van der Waals surface area contributed by atoms with Crippen LogP contribution in [-0.4, -0.2) is 43.6 Å². The average molecular weight is 483 g/mol. The molecular weight excluding hydrogens is 453 g/mol. The van der Waals surface area contributed by atoms with Gasteiger partial charge in [0.2, 0.25) is 11.8 Å². The second-order valence-corrected chi connectivity index (χ2v) is 13.2. The highest BCUT2D eigenvalue weighted by molar-refractivity contribution is 8.32. The molecule has 1 aliphatic carbocycles. The lowest BCUT2D eigenvalue weighted by Gasteiger charge is -2.34. The average Bonchev–Trinajstić information content (AvgIpc) is 2.70. The SMILES string of the molecule is COCc1ccc([C@@H](NC(=O)C2CC(F)(F)C2)C(=O)Nc2ccc(S(C)(C)C)c(F)c2)cc1. The van der Waals surface area contributed by atoms with E-state index in [4.69, 9.17) is 4.74 Å². The van der Waals surface area contributed by atoms with Crippen molar-refractivity contribution >= 4 is 27.5 Å². The molecule has 0 aliphatic heterocycles. The third-order valence-corrected chi connectivity index (χ3v) is 7.14. The molecule has 0 heterocycles. The number of rotatable bonds is 8. The topological polar surface area (TPSA) is 67.4 Å². The van der Waals surface area contributed by atoms with Crippen molar-refractivity contribution in [3.05, 3.63) is 59.4 Å². The van der Waals surface area contributed by atoms with E-state index < -0.39 is 58.4 Å². The van der Waals surface area contributed by atoms with Gasteiger partial charge in [-0.1, -0.05) is 24.3 Å². The van der Waals surface area contributed by atoms with Crippen molar-refractivity contribution in [2.75, 3.05) is 31.2 Å². The van der Waals surface area contributed by atoms with Crippen LogP contribution in [0.1, 0.15) is 30.0 Å². The first-order valence-electron chi connectivity index (χ1n) is 10.4. The van der Waals surface area contributed by atoms with E-state index in [0.717, 1.165) is 5.56 Å². The van der Waals surface area contributed by atoms with Gasteiger partial charge in [-0.25, -0.2) is 23.2 Å². The van der Waals surface area contributed by atoms with E-state index in [9.17, 15) is 22.8 Å². The molecule has 1 fully saturated rings. The summed E-state index contributed by atoms with van der Waals surface area (Å²) in [4.78, 5) is 26.2. The summed E-state index contributed by atoms with van der Waals surface area (Å²) < 4.78 is 46.1. The largest absolute Gasteiger partial charge is 0.380 e. The van der Waals surface area contributed by atoms with Gasteiger partial charge in [-0.15, -0.1) is 0 Å². The number of carbonyl (C=O) groups is 2. The van der Waals surface area contributed by atoms with Crippen molar-refractivity contribution in [2.45, 2.75) is 36.3 Å². The Hall–Kier alpha value is -2.52. The fraction of sp³-hybridized carbons (Fsp3) is 0.417. The molecular formula is C24H29F3N2O3S. The molecule has 0 radical (unpaired) electrons. The van der Waals surface area contributed by atoms with Crippen LogP contribution < -0.4 is 10.6 Å². The smallest absolute Gasteiger partial charge is 0.251 e. The van der Waals surface area contributed by atoms with Crippen molar-refractivity contribution in [1.82, 2.24) is 5.32 Å². The zero-order valence-electron chi connectivity index (χ0n) is 19.1. The number of hydrogen-bond donors (Lipinski definition) is 2.